The molecule has 2 aliphatic rings. The number of nitrogens with zero attached hydrogens (tertiary/aromatic N) is 2. The number of carboxylic acid groups (broad SMARTS) is 1. The van der Waals surface area contributed by atoms with Crippen molar-refractivity contribution in [3.63, 3.8) is 0 Å². The molecule has 1 unspecified atom stereocenters. The molecule has 1 atom stereocenters. The molecule has 0 spiro atoms. The number of carbonyl (C=O) groups excluding carboxylic acids is 3. The zero-order valence-electron chi connectivity index (χ0n) is 15.3. The van der Waals surface area contributed by atoms with Gasteiger partial charge in [0.1, 0.15) is 11.8 Å². The molecule has 0 aliphatic carbocycles. The number of fused-ring (bicyclic) bond motifs is 1. The number of benzene rings is 1. The lowest BCUT2D eigenvalue weighted by atomic mass is 9.96. The van der Waals surface area contributed by atoms with Crippen molar-refractivity contribution in [1.82, 2.24) is 4.90 Å². The Hall–Kier alpha value is -2.90. The highest BCUT2D eigenvalue weighted by Gasteiger charge is 2.37. The van der Waals surface area contributed by atoms with Gasteiger partial charge in [-0.05, 0) is 44.9 Å². The molecule has 0 saturated carbocycles. The number of Topliss-reactive ketones (excluding diaryl/α,β-unsaturated/α-hetero) is 1. The van der Waals surface area contributed by atoms with E-state index >= 15 is 0 Å². The molecule has 8 heteroatoms. The van der Waals surface area contributed by atoms with Crippen molar-refractivity contribution in [3.05, 3.63) is 23.8 Å². The van der Waals surface area contributed by atoms with Gasteiger partial charge in [-0.2, -0.15) is 0 Å². The molecule has 0 bridgehead atoms. The fourth-order valence-corrected chi connectivity index (χ4v) is 3.54. The number of piperidine rings is 1. The Morgan fingerprint density at radius 1 is 1.22 bits per heavy atom. The molecule has 1 aromatic rings. The average Bonchev–Trinajstić information content (AvgIpc) is 2.66. The minimum atomic E-state index is -0.843. The van der Waals surface area contributed by atoms with E-state index in [9.17, 15) is 19.2 Å². The van der Waals surface area contributed by atoms with E-state index in [4.69, 9.17) is 9.84 Å². The Morgan fingerprint density at radius 3 is 2.48 bits per heavy atom. The molecule has 1 aromatic carbocycles. The molecule has 0 radical (unpaired) electrons. The van der Waals surface area contributed by atoms with Crippen LogP contribution in [-0.4, -0.2) is 59.3 Å². The largest absolute Gasteiger partial charge is 0.482 e. The third-order valence-corrected chi connectivity index (χ3v) is 5.15. The average molecular weight is 374 g/mol. The SMILES string of the molecule is CC(=O)c1ccc2c(c1)N(C(C)C(=O)N1CCC(C(=O)O)CC1)C(=O)CO2. The highest BCUT2D eigenvalue weighted by molar-refractivity contribution is 6.05. The summed E-state index contributed by atoms with van der Waals surface area (Å²) < 4.78 is 5.42. The van der Waals surface area contributed by atoms with Crippen molar-refractivity contribution >= 4 is 29.3 Å². The van der Waals surface area contributed by atoms with E-state index in [1.807, 2.05) is 0 Å². The Bertz CT molecular complexity index is 797. The van der Waals surface area contributed by atoms with Gasteiger partial charge in [0.15, 0.2) is 12.4 Å². The zero-order valence-corrected chi connectivity index (χ0v) is 15.3. The monoisotopic (exact) mass is 374 g/mol. The maximum atomic E-state index is 12.9. The van der Waals surface area contributed by atoms with Crippen LogP contribution in [0.15, 0.2) is 18.2 Å². The molecule has 1 fully saturated rings. The fourth-order valence-electron chi connectivity index (χ4n) is 3.54. The van der Waals surface area contributed by atoms with Crippen LogP contribution in [0.4, 0.5) is 5.69 Å². The van der Waals surface area contributed by atoms with Crippen molar-refractivity contribution in [2.45, 2.75) is 32.7 Å². The summed E-state index contributed by atoms with van der Waals surface area (Å²) in [7, 11) is 0. The van der Waals surface area contributed by atoms with Gasteiger partial charge in [-0.3, -0.25) is 24.1 Å². The Kier molecular flexibility index (Phi) is 5.16. The molecule has 3 rings (SSSR count). The third-order valence-electron chi connectivity index (χ3n) is 5.15. The minimum absolute atomic E-state index is 0.148. The van der Waals surface area contributed by atoms with Crippen molar-refractivity contribution in [2.24, 2.45) is 5.92 Å². The van der Waals surface area contributed by atoms with Gasteiger partial charge in [-0.25, -0.2) is 0 Å². The summed E-state index contributed by atoms with van der Waals surface area (Å²) in [6.07, 6.45) is 0.797. The van der Waals surface area contributed by atoms with E-state index < -0.39 is 17.9 Å². The smallest absolute Gasteiger partial charge is 0.306 e. The van der Waals surface area contributed by atoms with E-state index in [1.54, 1.807) is 30.0 Å². The molecular weight excluding hydrogens is 352 g/mol. The summed E-state index contributed by atoms with van der Waals surface area (Å²) >= 11 is 0. The van der Waals surface area contributed by atoms with E-state index in [0.29, 0.717) is 42.9 Å². The summed E-state index contributed by atoms with van der Waals surface area (Å²) in [6.45, 7) is 3.58. The van der Waals surface area contributed by atoms with Crippen LogP contribution in [0.3, 0.4) is 0 Å². The van der Waals surface area contributed by atoms with Crippen molar-refractivity contribution in [2.75, 3.05) is 24.6 Å². The third kappa shape index (κ3) is 3.65. The number of aliphatic carboxylic acids is 1. The van der Waals surface area contributed by atoms with Crippen molar-refractivity contribution in [1.29, 1.82) is 0 Å². The van der Waals surface area contributed by atoms with Gasteiger partial charge in [-0.1, -0.05) is 0 Å². The first-order chi connectivity index (χ1) is 12.8. The van der Waals surface area contributed by atoms with E-state index in [2.05, 4.69) is 0 Å². The van der Waals surface area contributed by atoms with Crippen LogP contribution in [0.5, 0.6) is 5.75 Å². The number of hydrogen-bond acceptors (Lipinski definition) is 5. The summed E-state index contributed by atoms with van der Waals surface area (Å²) in [5.74, 6) is -1.58. The van der Waals surface area contributed by atoms with Gasteiger partial charge in [-0.15, -0.1) is 0 Å². The lowest BCUT2D eigenvalue weighted by Crippen LogP contribution is -2.54. The van der Waals surface area contributed by atoms with Gasteiger partial charge < -0.3 is 14.7 Å². The number of hydrogen-bond donors (Lipinski definition) is 1. The van der Waals surface area contributed by atoms with Crippen LogP contribution >= 0.6 is 0 Å². The molecule has 1 N–H and O–H groups in total. The van der Waals surface area contributed by atoms with Crippen LogP contribution in [0.1, 0.15) is 37.0 Å². The molecule has 2 aliphatic heterocycles. The van der Waals surface area contributed by atoms with Crippen molar-refractivity contribution in [3.8, 4) is 5.75 Å². The summed E-state index contributed by atoms with van der Waals surface area (Å²) in [6, 6.07) is 4.04. The number of likely N-dealkylation sites (tertiary alicyclic amines) is 1. The molecule has 8 nitrogen and oxygen atoms in total. The van der Waals surface area contributed by atoms with E-state index in [-0.39, 0.29) is 24.2 Å². The van der Waals surface area contributed by atoms with Crippen LogP contribution in [-0.2, 0) is 14.4 Å². The second-order valence-electron chi connectivity index (χ2n) is 6.90. The van der Waals surface area contributed by atoms with Gasteiger partial charge in [0.25, 0.3) is 5.91 Å². The van der Waals surface area contributed by atoms with E-state index in [1.165, 1.54) is 11.8 Å². The predicted molar refractivity (Wildman–Crippen MR) is 95.8 cm³/mol. The Balaban J connectivity index is 1.82. The summed E-state index contributed by atoms with van der Waals surface area (Å²) in [5.41, 5.74) is 0.833. The molecule has 2 heterocycles. The number of anilines is 1. The molecule has 144 valence electrons. The quantitative estimate of drug-likeness (QED) is 0.797. The Labute approximate surface area is 156 Å². The van der Waals surface area contributed by atoms with Gasteiger partial charge in [0.2, 0.25) is 5.91 Å². The topological polar surface area (TPSA) is 104 Å². The number of ether oxygens (including phenoxy) is 1. The molecule has 27 heavy (non-hydrogen) atoms. The maximum absolute atomic E-state index is 12.9. The predicted octanol–water partition coefficient (Wildman–Crippen LogP) is 1.33. The molecular formula is C19H22N2O6. The number of amides is 2. The van der Waals surface area contributed by atoms with Crippen LogP contribution in [0.25, 0.3) is 0 Å². The lowest BCUT2D eigenvalue weighted by Gasteiger charge is -2.37. The zero-order chi connectivity index (χ0) is 19.7. The fraction of sp³-hybridized carbons (Fsp3) is 0.474. The first-order valence-electron chi connectivity index (χ1n) is 8.91. The minimum Gasteiger partial charge on any atom is -0.482 e. The number of ketones is 1. The second kappa shape index (κ2) is 7.38. The number of rotatable bonds is 4. The summed E-state index contributed by atoms with van der Waals surface area (Å²) in [5, 5.41) is 9.09. The van der Waals surface area contributed by atoms with Gasteiger partial charge >= 0.3 is 5.97 Å². The van der Waals surface area contributed by atoms with Crippen LogP contribution < -0.4 is 9.64 Å². The molecule has 1 saturated heterocycles. The second-order valence-corrected chi connectivity index (χ2v) is 6.90. The Morgan fingerprint density at radius 2 is 1.89 bits per heavy atom. The normalized spacial score (nSPS) is 18.5. The van der Waals surface area contributed by atoms with Crippen LogP contribution in [0.2, 0.25) is 0 Å². The van der Waals surface area contributed by atoms with Crippen LogP contribution in [0, 0.1) is 5.92 Å². The number of carboxylic acids is 1. The maximum Gasteiger partial charge on any atom is 0.306 e. The van der Waals surface area contributed by atoms with Gasteiger partial charge in [0.05, 0.1) is 11.6 Å². The van der Waals surface area contributed by atoms with Gasteiger partial charge in [0, 0.05) is 18.7 Å². The van der Waals surface area contributed by atoms with E-state index in [0.717, 1.165) is 0 Å². The number of carbonyl (C=O) groups is 4. The standard InChI is InChI=1S/C19H22N2O6/c1-11(18(24)20-7-5-13(6-8-20)19(25)26)21-15-9-14(12(2)22)3-4-16(15)27-10-17(21)23/h3-4,9,11,13H,5-8,10H2,1-2H3,(H,25,26). The first kappa shape index (κ1) is 18.9. The highest BCUT2D eigenvalue weighted by atomic mass is 16.5. The first-order valence-corrected chi connectivity index (χ1v) is 8.91. The molecule has 2 amide bonds. The summed E-state index contributed by atoms with van der Waals surface area (Å²) in [4.78, 5) is 51.1. The lowest BCUT2D eigenvalue weighted by molar-refractivity contribution is -0.146. The van der Waals surface area contributed by atoms with Crippen molar-refractivity contribution < 1.29 is 29.0 Å². The highest BCUT2D eigenvalue weighted by Crippen LogP contribution is 2.35. The molecule has 0 aromatic heterocycles.